The number of ketones is 2. The highest BCUT2D eigenvalue weighted by atomic mass is 79.9. The molecule has 27 heavy (non-hydrogen) atoms. The van der Waals surface area contributed by atoms with Gasteiger partial charge in [0.25, 0.3) is 0 Å². The largest absolute Gasteiger partial charge is 0.497 e. The van der Waals surface area contributed by atoms with Crippen LogP contribution in [0.4, 0.5) is 0 Å². The van der Waals surface area contributed by atoms with Gasteiger partial charge in [-0.15, -0.1) is 0 Å². The summed E-state index contributed by atoms with van der Waals surface area (Å²) in [6, 6.07) is 14.2. The molecule has 0 aliphatic heterocycles. The zero-order valence-corrected chi connectivity index (χ0v) is 16.8. The van der Waals surface area contributed by atoms with Crippen molar-refractivity contribution in [1.82, 2.24) is 0 Å². The zero-order valence-electron chi connectivity index (χ0n) is 14.4. The van der Waals surface area contributed by atoms with E-state index in [9.17, 15) is 14.4 Å². The highest BCUT2D eigenvalue weighted by Crippen LogP contribution is 2.22. The fraction of sp³-hybridized carbons (Fsp3) is 0.0952. The Morgan fingerprint density at radius 2 is 1.85 bits per heavy atom. The van der Waals surface area contributed by atoms with E-state index >= 15 is 0 Å². The smallest absolute Gasteiger partial charge is 0.243 e. The normalized spacial score (nSPS) is 11.0. The van der Waals surface area contributed by atoms with Gasteiger partial charge in [-0.2, -0.15) is 0 Å². The summed E-state index contributed by atoms with van der Waals surface area (Å²) in [4.78, 5) is 36.8. The van der Waals surface area contributed by atoms with Crippen molar-refractivity contribution in [3.05, 3.63) is 79.7 Å². The maximum atomic E-state index is 12.4. The Hall–Kier alpha value is -2.57. The molecule has 0 saturated heterocycles. The summed E-state index contributed by atoms with van der Waals surface area (Å²) in [5, 5.41) is 0.790. The lowest BCUT2D eigenvalue weighted by Crippen LogP contribution is -2.14. The number of rotatable bonds is 6. The molecule has 0 fully saturated rings. The molecule has 3 aromatic rings. The van der Waals surface area contributed by atoms with Crippen molar-refractivity contribution in [3.8, 4) is 5.75 Å². The topological polar surface area (TPSA) is 60.4 Å². The third-order valence-corrected chi connectivity index (χ3v) is 5.40. The van der Waals surface area contributed by atoms with Gasteiger partial charge < -0.3 is 4.74 Å². The van der Waals surface area contributed by atoms with Crippen molar-refractivity contribution >= 4 is 55.0 Å². The van der Waals surface area contributed by atoms with Crippen molar-refractivity contribution in [2.24, 2.45) is 0 Å². The van der Waals surface area contributed by atoms with Crippen LogP contribution >= 0.6 is 27.3 Å². The molecule has 0 N–H and O–H groups in total. The number of benzene rings is 2. The molecule has 0 aliphatic rings. The van der Waals surface area contributed by atoms with Crippen LogP contribution in [0.3, 0.4) is 0 Å². The second-order valence-electron chi connectivity index (χ2n) is 5.80. The molecule has 0 amide bonds. The van der Waals surface area contributed by atoms with Gasteiger partial charge in [0.2, 0.25) is 4.74 Å². The first kappa shape index (κ1) is 19.2. The lowest BCUT2D eigenvalue weighted by atomic mass is 10.1. The summed E-state index contributed by atoms with van der Waals surface area (Å²) in [7, 11) is 1.58. The molecule has 0 bridgehead atoms. The van der Waals surface area contributed by atoms with E-state index in [0.717, 1.165) is 37.2 Å². The van der Waals surface area contributed by atoms with E-state index in [0.29, 0.717) is 0 Å². The van der Waals surface area contributed by atoms with Crippen LogP contribution < -0.4 is 9.48 Å². The molecular weight excluding hydrogens is 428 g/mol. The zero-order chi connectivity index (χ0) is 19.4. The molecule has 1 aromatic heterocycles. The van der Waals surface area contributed by atoms with Crippen LogP contribution in [0.2, 0.25) is 0 Å². The Balaban J connectivity index is 1.75. The quantitative estimate of drug-likeness (QED) is 0.309. The third kappa shape index (κ3) is 4.78. The van der Waals surface area contributed by atoms with E-state index < -0.39 is 5.78 Å². The summed E-state index contributed by atoms with van der Waals surface area (Å²) >= 11 is 4.38. The van der Waals surface area contributed by atoms with E-state index in [-0.39, 0.29) is 22.5 Å². The van der Waals surface area contributed by atoms with E-state index in [1.807, 2.05) is 30.3 Å². The average molecular weight is 443 g/mol. The Labute approximate surface area is 168 Å². The van der Waals surface area contributed by atoms with E-state index in [1.165, 1.54) is 6.08 Å². The number of fused-ring (bicyclic) bond motifs is 1. The number of ether oxygens (including phenoxy) is 1. The van der Waals surface area contributed by atoms with Crippen LogP contribution in [0.15, 0.2) is 63.9 Å². The Kier molecular flexibility index (Phi) is 5.98. The van der Waals surface area contributed by atoms with Crippen LogP contribution in [-0.2, 0) is 4.79 Å². The Morgan fingerprint density at radius 3 is 2.56 bits per heavy atom. The van der Waals surface area contributed by atoms with Crippen molar-refractivity contribution in [3.63, 3.8) is 0 Å². The van der Waals surface area contributed by atoms with E-state index in [4.69, 9.17) is 4.74 Å². The van der Waals surface area contributed by atoms with Crippen LogP contribution in [0.5, 0.6) is 5.75 Å². The van der Waals surface area contributed by atoms with Gasteiger partial charge in [0, 0.05) is 9.17 Å². The minimum absolute atomic E-state index is 0.0526. The van der Waals surface area contributed by atoms with Gasteiger partial charge >= 0.3 is 0 Å². The number of Topliss-reactive ketones (excluding diaryl/α,β-unsaturated/α-hetero) is 1. The van der Waals surface area contributed by atoms with E-state index in [2.05, 4.69) is 15.9 Å². The number of halogens is 1. The van der Waals surface area contributed by atoms with Crippen molar-refractivity contribution in [1.29, 1.82) is 0 Å². The van der Waals surface area contributed by atoms with Gasteiger partial charge in [-0.3, -0.25) is 14.4 Å². The first-order chi connectivity index (χ1) is 13.0. The van der Waals surface area contributed by atoms with Crippen LogP contribution in [0.25, 0.3) is 16.2 Å². The first-order valence-corrected chi connectivity index (χ1v) is 9.69. The highest BCUT2D eigenvalue weighted by Gasteiger charge is 2.15. The van der Waals surface area contributed by atoms with Gasteiger partial charge in [0.15, 0.2) is 11.6 Å². The standard InChI is InChI=1S/C21H15BrO4S/c1-26-17-7-3-13(4-8-17)2-6-16(23)12-19(24)18-11-14-10-15(22)5-9-20(14)27-21(18)25/h2-11H,12H2,1H3/b6-2+. The summed E-state index contributed by atoms with van der Waals surface area (Å²) in [5.41, 5.74) is 0.871. The predicted octanol–water partition coefficient (Wildman–Crippen LogP) is 4.89. The number of hydrogen-bond donors (Lipinski definition) is 0. The van der Waals surface area contributed by atoms with Crippen LogP contribution in [0, 0.1) is 0 Å². The number of hydrogen-bond acceptors (Lipinski definition) is 5. The van der Waals surface area contributed by atoms with Gasteiger partial charge in [-0.05, 0) is 53.4 Å². The van der Waals surface area contributed by atoms with Gasteiger partial charge in [0.05, 0.1) is 19.1 Å². The van der Waals surface area contributed by atoms with E-state index in [1.54, 1.807) is 31.4 Å². The SMILES string of the molecule is COc1ccc(/C=C/C(=O)CC(=O)c2cc3cc(Br)ccc3sc2=O)cc1. The molecule has 1 heterocycles. The highest BCUT2D eigenvalue weighted by molar-refractivity contribution is 9.10. The molecule has 0 unspecified atom stereocenters. The molecule has 0 atom stereocenters. The molecule has 0 spiro atoms. The van der Waals surface area contributed by atoms with Crippen molar-refractivity contribution in [2.45, 2.75) is 6.42 Å². The maximum absolute atomic E-state index is 12.4. The first-order valence-electron chi connectivity index (χ1n) is 8.08. The molecular formula is C21H15BrO4S. The summed E-state index contributed by atoms with van der Waals surface area (Å²) in [6.45, 7) is 0. The molecule has 136 valence electrons. The molecule has 3 rings (SSSR count). The molecule has 2 aromatic carbocycles. The van der Waals surface area contributed by atoms with Crippen LogP contribution in [0.1, 0.15) is 22.3 Å². The average Bonchev–Trinajstić information content (AvgIpc) is 2.66. The number of methoxy groups -OCH3 is 1. The molecule has 4 nitrogen and oxygen atoms in total. The molecule has 0 aliphatic carbocycles. The number of allylic oxidation sites excluding steroid dienone is 1. The van der Waals surface area contributed by atoms with Gasteiger partial charge in [-0.1, -0.05) is 45.5 Å². The van der Waals surface area contributed by atoms with Crippen molar-refractivity contribution < 1.29 is 14.3 Å². The number of carbonyl (C=O) groups excluding carboxylic acids is 2. The minimum Gasteiger partial charge on any atom is -0.497 e. The predicted molar refractivity (Wildman–Crippen MR) is 112 cm³/mol. The fourth-order valence-corrected chi connectivity index (χ4v) is 3.74. The summed E-state index contributed by atoms with van der Waals surface area (Å²) in [5.74, 6) is -0.0992. The lowest BCUT2D eigenvalue weighted by Gasteiger charge is -2.02. The van der Waals surface area contributed by atoms with Crippen LogP contribution in [-0.4, -0.2) is 18.7 Å². The van der Waals surface area contributed by atoms with Gasteiger partial charge in [0.1, 0.15) is 5.75 Å². The van der Waals surface area contributed by atoms with Gasteiger partial charge in [-0.25, -0.2) is 0 Å². The maximum Gasteiger partial charge on any atom is 0.243 e. The molecule has 0 saturated carbocycles. The Bertz CT molecular complexity index is 1100. The second-order valence-corrected chi connectivity index (χ2v) is 7.73. The third-order valence-electron chi connectivity index (χ3n) is 3.91. The monoisotopic (exact) mass is 442 g/mol. The number of carbonyl (C=O) groups is 2. The summed E-state index contributed by atoms with van der Waals surface area (Å²) < 4.78 is 6.40. The second kappa shape index (κ2) is 8.41. The molecule has 0 radical (unpaired) electrons. The summed E-state index contributed by atoms with van der Waals surface area (Å²) in [6.07, 6.45) is 2.65. The van der Waals surface area contributed by atoms with Crippen molar-refractivity contribution in [2.75, 3.05) is 7.11 Å². The minimum atomic E-state index is -0.470. The lowest BCUT2D eigenvalue weighted by molar-refractivity contribution is -0.113. The molecule has 6 heteroatoms. The fourth-order valence-electron chi connectivity index (χ4n) is 2.51. The Morgan fingerprint density at radius 1 is 1.11 bits per heavy atom.